The predicted molar refractivity (Wildman–Crippen MR) is 75.8 cm³/mol. The molecule has 0 atom stereocenters. The molecular formula is C14H29N3O. The first-order valence-electron chi connectivity index (χ1n) is 7.10. The third-order valence-corrected chi connectivity index (χ3v) is 3.32. The van der Waals surface area contributed by atoms with E-state index in [-0.39, 0.29) is 11.4 Å². The minimum atomic E-state index is 0.0435. The summed E-state index contributed by atoms with van der Waals surface area (Å²) in [6.07, 6.45) is 3.97. The Bertz CT molecular complexity index is 254. The van der Waals surface area contributed by atoms with Crippen molar-refractivity contribution in [2.24, 2.45) is 5.41 Å². The molecule has 0 aromatic heterocycles. The maximum atomic E-state index is 11.9. The summed E-state index contributed by atoms with van der Waals surface area (Å²) in [5.74, 6) is 0. The molecule has 1 rings (SSSR count). The highest BCUT2D eigenvalue weighted by Gasteiger charge is 2.15. The van der Waals surface area contributed by atoms with Gasteiger partial charge in [0.2, 0.25) is 0 Å². The Labute approximate surface area is 112 Å². The van der Waals surface area contributed by atoms with E-state index >= 15 is 0 Å². The van der Waals surface area contributed by atoms with Gasteiger partial charge in [-0.15, -0.1) is 0 Å². The molecule has 1 heterocycles. The van der Waals surface area contributed by atoms with Gasteiger partial charge in [-0.2, -0.15) is 0 Å². The molecule has 0 spiro atoms. The first-order chi connectivity index (χ1) is 8.38. The molecule has 0 aromatic rings. The van der Waals surface area contributed by atoms with Crippen molar-refractivity contribution in [2.75, 3.05) is 39.8 Å². The first kappa shape index (κ1) is 15.3. The number of nitrogens with one attached hydrogen (secondary N) is 1. The minimum absolute atomic E-state index is 0.0435. The molecule has 1 N–H and O–H groups in total. The standard InChI is InChI=1S/C14H29N3O/c1-14(2,3)12-15-13(18)16(4)10-11-17-8-6-5-7-9-17/h5-12H2,1-4H3,(H,15,18). The zero-order valence-corrected chi connectivity index (χ0v) is 12.5. The largest absolute Gasteiger partial charge is 0.337 e. The van der Waals surface area contributed by atoms with Crippen LogP contribution < -0.4 is 5.32 Å². The molecular weight excluding hydrogens is 226 g/mol. The Morgan fingerprint density at radius 3 is 2.39 bits per heavy atom. The van der Waals surface area contributed by atoms with E-state index in [1.807, 2.05) is 7.05 Å². The van der Waals surface area contributed by atoms with Crippen LogP contribution in [0.2, 0.25) is 0 Å². The summed E-state index contributed by atoms with van der Waals surface area (Å²) in [6, 6.07) is 0.0435. The van der Waals surface area contributed by atoms with Crippen LogP contribution in [0.4, 0.5) is 4.79 Å². The van der Waals surface area contributed by atoms with Crippen molar-refractivity contribution in [1.82, 2.24) is 15.1 Å². The van der Waals surface area contributed by atoms with Crippen LogP contribution in [0.3, 0.4) is 0 Å². The van der Waals surface area contributed by atoms with E-state index in [0.717, 1.165) is 19.6 Å². The highest BCUT2D eigenvalue weighted by atomic mass is 16.2. The highest BCUT2D eigenvalue weighted by Crippen LogP contribution is 2.10. The van der Waals surface area contributed by atoms with Crippen molar-refractivity contribution in [3.05, 3.63) is 0 Å². The summed E-state index contributed by atoms with van der Waals surface area (Å²) in [7, 11) is 1.88. The number of amides is 2. The second kappa shape index (κ2) is 6.98. The lowest BCUT2D eigenvalue weighted by Gasteiger charge is -2.29. The van der Waals surface area contributed by atoms with E-state index in [1.54, 1.807) is 4.90 Å². The van der Waals surface area contributed by atoms with Gasteiger partial charge in [0.15, 0.2) is 0 Å². The average molecular weight is 255 g/mol. The summed E-state index contributed by atoms with van der Waals surface area (Å²) in [4.78, 5) is 16.1. The molecule has 106 valence electrons. The number of carbonyl (C=O) groups is 1. The maximum absolute atomic E-state index is 11.9. The molecule has 1 aliphatic rings. The summed E-state index contributed by atoms with van der Waals surface area (Å²) < 4.78 is 0. The first-order valence-corrected chi connectivity index (χ1v) is 7.10. The molecule has 1 fully saturated rings. The van der Waals surface area contributed by atoms with Crippen molar-refractivity contribution in [3.63, 3.8) is 0 Å². The zero-order valence-electron chi connectivity index (χ0n) is 12.5. The SMILES string of the molecule is CN(CCN1CCCCC1)C(=O)NCC(C)(C)C. The molecule has 0 radical (unpaired) electrons. The summed E-state index contributed by atoms with van der Waals surface area (Å²) in [5.41, 5.74) is 0.142. The van der Waals surface area contributed by atoms with Gasteiger partial charge in [-0.3, -0.25) is 0 Å². The van der Waals surface area contributed by atoms with Crippen molar-refractivity contribution >= 4 is 6.03 Å². The van der Waals surface area contributed by atoms with Crippen molar-refractivity contribution in [1.29, 1.82) is 0 Å². The second-order valence-electron chi connectivity index (χ2n) is 6.54. The van der Waals surface area contributed by atoms with Crippen LogP contribution in [-0.4, -0.2) is 55.6 Å². The number of urea groups is 1. The van der Waals surface area contributed by atoms with Crippen LogP contribution in [0.1, 0.15) is 40.0 Å². The number of likely N-dealkylation sites (N-methyl/N-ethyl adjacent to an activating group) is 1. The van der Waals surface area contributed by atoms with Crippen LogP contribution >= 0.6 is 0 Å². The van der Waals surface area contributed by atoms with Gasteiger partial charge < -0.3 is 15.1 Å². The Hall–Kier alpha value is -0.770. The summed E-state index contributed by atoms with van der Waals surface area (Å²) >= 11 is 0. The van der Waals surface area contributed by atoms with Gasteiger partial charge in [0.25, 0.3) is 0 Å². The molecule has 18 heavy (non-hydrogen) atoms. The quantitative estimate of drug-likeness (QED) is 0.835. The van der Waals surface area contributed by atoms with E-state index in [4.69, 9.17) is 0 Å². The van der Waals surface area contributed by atoms with E-state index in [1.165, 1.54) is 32.4 Å². The number of rotatable bonds is 4. The lowest BCUT2D eigenvalue weighted by molar-refractivity contribution is 0.181. The van der Waals surface area contributed by atoms with Crippen LogP contribution in [0.25, 0.3) is 0 Å². The Morgan fingerprint density at radius 1 is 1.22 bits per heavy atom. The van der Waals surface area contributed by atoms with Gasteiger partial charge in [0, 0.05) is 26.7 Å². The fraction of sp³-hybridized carbons (Fsp3) is 0.929. The number of likely N-dealkylation sites (tertiary alicyclic amines) is 1. The molecule has 2 amide bonds. The van der Waals surface area contributed by atoms with Gasteiger partial charge in [-0.25, -0.2) is 4.79 Å². The smallest absolute Gasteiger partial charge is 0.317 e. The number of nitrogens with zero attached hydrogens (tertiary/aromatic N) is 2. The van der Waals surface area contributed by atoms with Crippen LogP contribution in [0.5, 0.6) is 0 Å². The number of piperidine rings is 1. The van der Waals surface area contributed by atoms with Crippen LogP contribution in [0.15, 0.2) is 0 Å². The third kappa shape index (κ3) is 6.24. The van der Waals surface area contributed by atoms with E-state index < -0.39 is 0 Å². The van der Waals surface area contributed by atoms with Gasteiger partial charge in [-0.05, 0) is 31.3 Å². The molecule has 1 saturated heterocycles. The zero-order chi connectivity index (χ0) is 13.6. The number of carbonyl (C=O) groups excluding carboxylic acids is 1. The summed E-state index contributed by atoms with van der Waals surface area (Å²) in [6.45, 7) is 11.3. The Morgan fingerprint density at radius 2 is 1.83 bits per heavy atom. The highest BCUT2D eigenvalue weighted by molar-refractivity contribution is 5.73. The molecule has 1 aliphatic heterocycles. The topological polar surface area (TPSA) is 35.6 Å². The lowest BCUT2D eigenvalue weighted by Crippen LogP contribution is -2.44. The average Bonchev–Trinajstić information content (AvgIpc) is 2.33. The monoisotopic (exact) mass is 255 g/mol. The van der Waals surface area contributed by atoms with E-state index in [2.05, 4.69) is 31.0 Å². The maximum Gasteiger partial charge on any atom is 0.317 e. The van der Waals surface area contributed by atoms with Gasteiger partial charge in [0.1, 0.15) is 0 Å². The Balaban J connectivity index is 2.18. The van der Waals surface area contributed by atoms with Crippen molar-refractivity contribution in [3.8, 4) is 0 Å². The van der Waals surface area contributed by atoms with E-state index in [9.17, 15) is 4.79 Å². The molecule has 4 heteroatoms. The fourth-order valence-electron chi connectivity index (χ4n) is 2.05. The lowest BCUT2D eigenvalue weighted by atomic mass is 9.97. The predicted octanol–water partition coefficient (Wildman–Crippen LogP) is 2.16. The van der Waals surface area contributed by atoms with Crippen molar-refractivity contribution < 1.29 is 4.79 Å². The molecule has 0 aliphatic carbocycles. The fourth-order valence-corrected chi connectivity index (χ4v) is 2.05. The third-order valence-electron chi connectivity index (χ3n) is 3.32. The van der Waals surface area contributed by atoms with Crippen molar-refractivity contribution in [2.45, 2.75) is 40.0 Å². The molecule has 0 bridgehead atoms. The molecule has 0 aromatic carbocycles. The van der Waals surface area contributed by atoms with Gasteiger partial charge >= 0.3 is 6.03 Å². The van der Waals surface area contributed by atoms with Crippen LogP contribution in [-0.2, 0) is 0 Å². The van der Waals surface area contributed by atoms with Gasteiger partial charge in [0.05, 0.1) is 0 Å². The van der Waals surface area contributed by atoms with Crippen LogP contribution in [0, 0.1) is 5.41 Å². The number of hydrogen-bond donors (Lipinski definition) is 1. The second-order valence-corrected chi connectivity index (χ2v) is 6.54. The van der Waals surface area contributed by atoms with E-state index in [0.29, 0.717) is 0 Å². The Kier molecular flexibility index (Phi) is 5.93. The molecule has 0 saturated carbocycles. The molecule has 0 unspecified atom stereocenters. The minimum Gasteiger partial charge on any atom is -0.337 e. The summed E-state index contributed by atoms with van der Waals surface area (Å²) in [5, 5.41) is 2.98. The normalized spacial score (nSPS) is 17.6. The number of hydrogen-bond acceptors (Lipinski definition) is 2. The molecule has 4 nitrogen and oxygen atoms in total. The van der Waals surface area contributed by atoms with Gasteiger partial charge in [-0.1, -0.05) is 27.2 Å².